The van der Waals surface area contributed by atoms with Gasteiger partial charge in [-0.3, -0.25) is 4.79 Å². The minimum Gasteiger partial charge on any atom is -0.481 e. The quantitative estimate of drug-likeness (QED) is 0.844. The number of carbonyl (C=O) groups is 1. The first-order chi connectivity index (χ1) is 8.61. The molecule has 96 valence electrons. The highest BCUT2D eigenvalue weighted by atomic mass is 16.4. The van der Waals surface area contributed by atoms with E-state index in [0.717, 1.165) is 6.92 Å². The molecule has 0 spiro atoms. The second-order valence-corrected chi connectivity index (χ2v) is 3.57. The largest absolute Gasteiger partial charge is 0.481 e. The molecule has 0 aliphatic heterocycles. The van der Waals surface area contributed by atoms with Crippen LogP contribution in [0.1, 0.15) is 18.2 Å². The molecule has 18 heavy (non-hydrogen) atoms. The number of rotatable bonds is 3. The molecule has 0 radical (unpaired) electrons. The van der Waals surface area contributed by atoms with Crippen LogP contribution in [0.3, 0.4) is 0 Å². The Morgan fingerprint density at radius 2 is 1.94 bits per heavy atom. The van der Waals surface area contributed by atoms with Crippen LogP contribution in [0.5, 0.6) is 0 Å². The fourth-order valence-electron chi connectivity index (χ4n) is 1.26. The fourth-order valence-corrected chi connectivity index (χ4v) is 1.26. The standard InChI is InChI=1S/C10H11N3O.C2H4O2/c14-8-10-7-13(12-11-10)6-9-4-2-1-3-5-9;1-2(3)4/h1-5,7,14H,6,8H2;1H3,(H,3,4). The highest BCUT2D eigenvalue weighted by molar-refractivity contribution is 5.62. The van der Waals surface area contributed by atoms with Gasteiger partial charge in [0.1, 0.15) is 5.69 Å². The lowest BCUT2D eigenvalue weighted by Crippen LogP contribution is -1.99. The molecule has 6 heteroatoms. The van der Waals surface area contributed by atoms with Gasteiger partial charge in [-0.1, -0.05) is 35.5 Å². The van der Waals surface area contributed by atoms with E-state index < -0.39 is 5.97 Å². The molecular formula is C12H15N3O3. The molecule has 6 nitrogen and oxygen atoms in total. The Morgan fingerprint density at radius 3 is 2.44 bits per heavy atom. The highest BCUT2D eigenvalue weighted by Crippen LogP contribution is 2.01. The van der Waals surface area contributed by atoms with Crippen molar-refractivity contribution in [1.82, 2.24) is 15.0 Å². The molecule has 1 heterocycles. The number of benzene rings is 1. The molecule has 0 saturated heterocycles. The molecule has 0 saturated carbocycles. The zero-order valence-corrected chi connectivity index (χ0v) is 10.0. The van der Waals surface area contributed by atoms with Crippen molar-refractivity contribution in [2.24, 2.45) is 0 Å². The number of aliphatic carboxylic acids is 1. The molecule has 1 aromatic carbocycles. The van der Waals surface area contributed by atoms with Gasteiger partial charge in [-0.15, -0.1) is 5.10 Å². The van der Waals surface area contributed by atoms with Crippen molar-refractivity contribution < 1.29 is 15.0 Å². The van der Waals surface area contributed by atoms with E-state index in [9.17, 15) is 0 Å². The third-order valence-corrected chi connectivity index (χ3v) is 1.94. The molecular weight excluding hydrogens is 234 g/mol. The van der Waals surface area contributed by atoms with Gasteiger partial charge in [0.2, 0.25) is 0 Å². The predicted molar refractivity (Wildman–Crippen MR) is 64.8 cm³/mol. The Kier molecular flexibility index (Phi) is 5.53. The van der Waals surface area contributed by atoms with Crippen molar-refractivity contribution in [1.29, 1.82) is 0 Å². The van der Waals surface area contributed by atoms with Crippen LogP contribution < -0.4 is 0 Å². The summed E-state index contributed by atoms with van der Waals surface area (Å²) in [4.78, 5) is 9.00. The second-order valence-electron chi connectivity index (χ2n) is 3.57. The van der Waals surface area contributed by atoms with Crippen LogP contribution in [0.25, 0.3) is 0 Å². The molecule has 0 unspecified atom stereocenters. The summed E-state index contributed by atoms with van der Waals surface area (Å²) in [5.74, 6) is -0.833. The van der Waals surface area contributed by atoms with Crippen LogP contribution in [0.15, 0.2) is 36.5 Å². The average Bonchev–Trinajstić information content (AvgIpc) is 2.77. The highest BCUT2D eigenvalue weighted by Gasteiger charge is 1.99. The molecule has 2 rings (SSSR count). The van der Waals surface area contributed by atoms with Crippen molar-refractivity contribution in [3.05, 3.63) is 47.8 Å². The van der Waals surface area contributed by atoms with Crippen LogP contribution in [0.4, 0.5) is 0 Å². The molecule has 2 aromatic rings. The topological polar surface area (TPSA) is 88.2 Å². The Bertz CT molecular complexity index is 478. The summed E-state index contributed by atoms with van der Waals surface area (Å²) in [7, 11) is 0. The van der Waals surface area contributed by atoms with Crippen molar-refractivity contribution in [2.45, 2.75) is 20.1 Å². The van der Waals surface area contributed by atoms with Gasteiger partial charge in [-0.05, 0) is 5.56 Å². The van der Waals surface area contributed by atoms with Gasteiger partial charge in [0.05, 0.1) is 19.3 Å². The minimum atomic E-state index is -0.833. The lowest BCUT2D eigenvalue weighted by atomic mass is 10.2. The molecule has 0 aliphatic carbocycles. The van der Waals surface area contributed by atoms with E-state index in [2.05, 4.69) is 10.3 Å². The monoisotopic (exact) mass is 249 g/mol. The maximum Gasteiger partial charge on any atom is 0.300 e. The number of hydrogen-bond donors (Lipinski definition) is 2. The lowest BCUT2D eigenvalue weighted by Gasteiger charge is -1.98. The predicted octanol–water partition coefficient (Wildman–Crippen LogP) is 0.910. The summed E-state index contributed by atoms with van der Waals surface area (Å²) < 4.78 is 1.71. The zero-order valence-electron chi connectivity index (χ0n) is 10.0. The Balaban J connectivity index is 0.000000357. The summed E-state index contributed by atoms with van der Waals surface area (Å²) in [5.41, 5.74) is 1.77. The maximum atomic E-state index is 9.00. The number of aliphatic hydroxyl groups excluding tert-OH is 1. The van der Waals surface area contributed by atoms with Crippen molar-refractivity contribution in [2.75, 3.05) is 0 Å². The van der Waals surface area contributed by atoms with Gasteiger partial charge in [-0.25, -0.2) is 4.68 Å². The van der Waals surface area contributed by atoms with E-state index in [1.165, 1.54) is 5.56 Å². The molecule has 0 bridgehead atoms. The van der Waals surface area contributed by atoms with Crippen LogP contribution in [-0.4, -0.2) is 31.2 Å². The Labute approximate surface area is 104 Å². The second kappa shape index (κ2) is 7.18. The molecule has 0 amide bonds. The number of carboxylic acid groups (broad SMARTS) is 1. The number of carboxylic acids is 1. The molecule has 1 aromatic heterocycles. The summed E-state index contributed by atoms with van der Waals surface area (Å²) in [6, 6.07) is 10.0. The first kappa shape index (κ1) is 13.9. The van der Waals surface area contributed by atoms with Gasteiger partial charge in [0.15, 0.2) is 0 Å². The smallest absolute Gasteiger partial charge is 0.300 e. The minimum absolute atomic E-state index is 0.0607. The number of aromatic nitrogens is 3. The first-order valence-electron chi connectivity index (χ1n) is 5.35. The maximum absolute atomic E-state index is 9.00. The van der Waals surface area contributed by atoms with Gasteiger partial charge in [-0.2, -0.15) is 0 Å². The van der Waals surface area contributed by atoms with Crippen LogP contribution in [0.2, 0.25) is 0 Å². The van der Waals surface area contributed by atoms with E-state index in [0.29, 0.717) is 12.2 Å². The number of hydrogen-bond acceptors (Lipinski definition) is 4. The van der Waals surface area contributed by atoms with Gasteiger partial charge >= 0.3 is 0 Å². The van der Waals surface area contributed by atoms with Gasteiger partial charge in [0, 0.05) is 6.92 Å². The number of aliphatic hydroxyl groups is 1. The SMILES string of the molecule is CC(=O)O.OCc1cn(Cc2ccccc2)nn1. The van der Waals surface area contributed by atoms with Crippen LogP contribution in [0, 0.1) is 0 Å². The van der Waals surface area contributed by atoms with Gasteiger partial charge in [0.25, 0.3) is 5.97 Å². The Morgan fingerprint density at radius 1 is 1.33 bits per heavy atom. The molecule has 2 N–H and O–H groups in total. The lowest BCUT2D eigenvalue weighted by molar-refractivity contribution is -0.134. The Hall–Kier alpha value is -2.21. The van der Waals surface area contributed by atoms with E-state index in [-0.39, 0.29) is 6.61 Å². The number of nitrogens with zero attached hydrogens (tertiary/aromatic N) is 3. The first-order valence-corrected chi connectivity index (χ1v) is 5.35. The van der Waals surface area contributed by atoms with E-state index in [4.69, 9.17) is 15.0 Å². The summed E-state index contributed by atoms with van der Waals surface area (Å²) in [6.45, 7) is 1.71. The normalized spacial score (nSPS) is 9.44. The summed E-state index contributed by atoms with van der Waals surface area (Å²) in [6.07, 6.45) is 1.74. The van der Waals surface area contributed by atoms with Crippen LogP contribution >= 0.6 is 0 Å². The van der Waals surface area contributed by atoms with E-state index in [1.807, 2.05) is 30.3 Å². The summed E-state index contributed by atoms with van der Waals surface area (Å²) >= 11 is 0. The van der Waals surface area contributed by atoms with Crippen molar-refractivity contribution in [3.8, 4) is 0 Å². The third kappa shape index (κ3) is 5.22. The summed E-state index contributed by atoms with van der Waals surface area (Å²) in [5, 5.41) is 23.9. The third-order valence-electron chi connectivity index (χ3n) is 1.94. The van der Waals surface area contributed by atoms with Gasteiger partial charge < -0.3 is 10.2 Å². The zero-order chi connectivity index (χ0) is 13.4. The molecule has 0 aliphatic rings. The van der Waals surface area contributed by atoms with E-state index >= 15 is 0 Å². The van der Waals surface area contributed by atoms with Crippen molar-refractivity contribution >= 4 is 5.97 Å². The van der Waals surface area contributed by atoms with E-state index in [1.54, 1.807) is 10.9 Å². The average molecular weight is 249 g/mol. The molecule has 0 atom stereocenters. The van der Waals surface area contributed by atoms with Crippen molar-refractivity contribution in [3.63, 3.8) is 0 Å². The molecule has 0 fully saturated rings. The van der Waals surface area contributed by atoms with Crippen LogP contribution in [-0.2, 0) is 17.9 Å². The fraction of sp³-hybridized carbons (Fsp3) is 0.250.